The van der Waals surface area contributed by atoms with Gasteiger partial charge in [0.1, 0.15) is 0 Å². The van der Waals surface area contributed by atoms with Crippen LogP contribution < -0.4 is 5.32 Å². The molecule has 1 heterocycles. The number of hydrogen-bond donors (Lipinski definition) is 1. The molecule has 0 spiro atoms. The number of rotatable bonds is 5. The van der Waals surface area contributed by atoms with Gasteiger partial charge in [-0.25, -0.2) is 4.79 Å². The molecule has 94 valence electrons. The minimum absolute atomic E-state index is 0.0244. The van der Waals surface area contributed by atoms with E-state index in [1.807, 2.05) is 11.9 Å². The van der Waals surface area contributed by atoms with E-state index in [1.165, 1.54) is 0 Å². The number of carbonyl (C=O) groups excluding carboxylic acids is 1. The first kappa shape index (κ1) is 13.6. The first-order valence-corrected chi connectivity index (χ1v) is 7.18. The van der Waals surface area contributed by atoms with Crippen molar-refractivity contribution in [2.45, 2.75) is 31.8 Å². The van der Waals surface area contributed by atoms with Crippen molar-refractivity contribution >= 4 is 17.8 Å². The molecule has 0 aromatic carbocycles. The van der Waals surface area contributed by atoms with Crippen LogP contribution in [0.5, 0.6) is 0 Å². The molecule has 0 aromatic rings. The van der Waals surface area contributed by atoms with E-state index in [-0.39, 0.29) is 12.1 Å². The first-order chi connectivity index (χ1) is 7.69. The molecule has 0 aromatic heterocycles. The largest absolute Gasteiger partial charge is 0.379 e. The smallest absolute Gasteiger partial charge is 0.317 e. The maximum atomic E-state index is 11.9. The van der Waals surface area contributed by atoms with Crippen LogP contribution in [0.4, 0.5) is 4.79 Å². The molecule has 1 rings (SSSR count). The zero-order valence-corrected chi connectivity index (χ0v) is 11.2. The van der Waals surface area contributed by atoms with E-state index < -0.39 is 0 Å². The Hall–Kier alpha value is -0.420. The van der Waals surface area contributed by atoms with Crippen molar-refractivity contribution in [2.24, 2.45) is 0 Å². The van der Waals surface area contributed by atoms with Crippen molar-refractivity contribution in [3.05, 3.63) is 0 Å². The van der Waals surface area contributed by atoms with Gasteiger partial charge in [0, 0.05) is 25.4 Å². The van der Waals surface area contributed by atoms with Crippen LogP contribution in [0.1, 0.15) is 19.8 Å². The average molecular weight is 246 g/mol. The minimum Gasteiger partial charge on any atom is -0.379 e. The van der Waals surface area contributed by atoms with E-state index in [0.29, 0.717) is 12.6 Å². The summed E-state index contributed by atoms with van der Waals surface area (Å²) in [5, 5.41) is 3.00. The summed E-state index contributed by atoms with van der Waals surface area (Å²) in [5.41, 5.74) is 0. The van der Waals surface area contributed by atoms with E-state index in [1.54, 1.807) is 11.8 Å². The monoisotopic (exact) mass is 246 g/mol. The molecule has 5 heteroatoms. The average Bonchev–Trinajstić information content (AvgIpc) is 2.77. The highest BCUT2D eigenvalue weighted by atomic mass is 32.2. The van der Waals surface area contributed by atoms with Crippen LogP contribution in [0, 0.1) is 0 Å². The summed E-state index contributed by atoms with van der Waals surface area (Å²) in [6.45, 7) is 3.53. The maximum Gasteiger partial charge on any atom is 0.317 e. The summed E-state index contributed by atoms with van der Waals surface area (Å²) in [6.07, 6.45) is 3.99. The number of amides is 2. The number of nitrogens with one attached hydrogen (secondary N) is 1. The molecule has 1 N–H and O–H groups in total. The lowest BCUT2D eigenvalue weighted by Gasteiger charge is -2.28. The van der Waals surface area contributed by atoms with Crippen molar-refractivity contribution in [1.82, 2.24) is 10.2 Å². The molecule has 0 aliphatic carbocycles. The van der Waals surface area contributed by atoms with Gasteiger partial charge < -0.3 is 15.0 Å². The highest BCUT2D eigenvalue weighted by Crippen LogP contribution is 2.10. The third-order valence-electron chi connectivity index (χ3n) is 2.96. The van der Waals surface area contributed by atoms with Gasteiger partial charge in [0.05, 0.1) is 12.6 Å². The van der Waals surface area contributed by atoms with Crippen LogP contribution in [-0.4, -0.2) is 55.3 Å². The van der Waals surface area contributed by atoms with Gasteiger partial charge in [-0.2, -0.15) is 11.8 Å². The Bertz CT molecular complexity index is 220. The first-order valence-electron chi connectivity index (χ1n) is 5.79. The van der Waals surface area contributed by atoms with Gasteiger partial charge in [-0.1, -0.05) is 6.92 Å². The highest BCUT2D eigenvalue weighted by molar-refractivity contribution is 7.98. The SMILES string of the molecule is CCC(CSC)N(C)C(=O)NC1CCOC1. The van der Waals surface area contributed by atoms with Crippen LogP contribution in [0.3, 0.4) is 0 Å². The second-order valence-electron chi connectivity index (χ2n) is 4.14. The van der Waals surface area contributed by atoms with Gasteiger partial charge in [-0.3, -0.25) is 0 Å². The summed E-state index contributed by atoms with van der Waals surface area (Å²) in [6, 6.07) is 0.537. The summed E-state index contributed by atoms with van der Waals surface area (Å²) < 4.78 is 5.23. The Balaban J connectivity index is 2.38. The van der Waals surface area contributed by atoms with Crippen molar-refractivity contribution in [3.63, 3.8) is 0 Å². The molecule has 16 heavy (non-hydrogen) atoms. The lowest BCUT2D eigenvalue weighted by Crippen LogP contribution is -2.48. The molecule has 2 atom stereocenters. The Morgan fingerprint density at radius 1 is 1.69 bits per heavy atom. The molecule has 2 unspecified atom stereocenters. The molecule has 1 saturated heterocycles. The van der Waals surface area contributed by atoms with Crippen LogP contribution >= 0.6 is 11.8 Å². The standard InChI is InChI=1S/C11H22N2O2S/c1-4-10(8-16-3)13(2)11(14)12-9-5-6-15-7-9/h9-10H,4-8H2,1-3H3,(H,12,14). The summed E-state index contributed by atoms with van der Waals surface area (Å²) in [5.74, 6) is 0.988. The van der Waals surface area contributed by atoms with Gasteiger partial charge in [-0.15, -0.1) is 0 Å². The third kappa shape index (κ3) is 3.87. The Morgan fingerprint density at radius 2 is 2.44 bits per heavy atom. The number of ether oxygens (including phenoxy) is 1. The third-order valence-corrected chi connectivity index (χ3v) is 3.67. The topological polar surface area (TPSA) is 41.6 Å². The predicted octanol–water partition coefficient (Wildman–Crippen LogP) is 1.56. The minimum atomic E-state index is 0.0244. The number of nitrogens with zero attached hydrogens (tertiary/aromatic N) is 1. The summed E-state index contributed by atoms with van der Waals surface area (Å²) in [4.78, 5) is 13.7. The molecule has 0 radical (unpaired) electrons. The van der Waals surface area contributed by atoms with Gasteiger partial charge in [-0.05, 0) is 19.1 Å². The zero-order chi connectivity index (χ0) is 12.0. The molecule has 4 nitrogen and oxygen atoms in total. The molecule has 1 fully saturated rings. The normalized spacial score (nSPS) is 21.8. The van der Waals surface area contributed by atoms with Crippen molar-refractivity contribution in [3.8, 4) is 0 Å². The Kier molecular flexibility index (Phi) is 5.98. The highest BCUT2D eigenvalue weighted by Gasteiger charge is 2.22. The predicted molar refractivity (Wildman–Crippen MR) is 68.0 cm³/mol. The second kappa shape index (κ2) is 7.01. The van der Waals surface area contributed by atoms with Crippen LogP contribution in [-0.2, 0) is 4.74 Å². The fraction of sp³-hybridized carbons (Fsp3) is 0.909. The molecule has 1 aliphatic rings. The number of hydrogen-bond acceptors (Lipinski definition) is 3. The number of carbonyl (C=O) groups is 1. The van der Waals surface area contributed by atoms with Gasteiger partial charge in [0.15, 0.2) is 0 Å². The lowest BCUT2D eigenvalue weighted by molar-refractivity contribution is 0.176. The van der Waals surface area contributed by atoms with E-state index in [9.17, 15) is 4.79 Å². The summed E-state index contributed by atoms with van der Waals surface area (Å²) >= 11 is 1.78. The van der Waals surface area contributed by atoms with Crippen molar-refractivity contribution < 1.29 is 9.53 Å². The fourth-order valence-corrected chi connectivity index (χ4v) is 2.63. The zero-order valence-electron chi connectivity index (χ0n) is 10.4. The van der Waals surface area contributed by atoms with Crippen molar-refractivity contribution in [1.29, 1.82) is 0 Å². The quantitative estimate of drug-likeness (QED) is 0.800. The van der Waals surface area contributed by atoms with E-state index in [0.717, 1.165) is 25.2 Å². The Labute approximate surface area is 102 Å². The van der Waals surface area contributed by atoms with Crippen LogP contribution in [0.15, 0.2) is 0 Å². The summed E-state index contributed by atoms with van der Waals surface area (Å²) in [7, 11) is 1.87. The van der Waals surface area contributed by atoms with Gasteiger partial charge in [0.2, 0.25) is 0 Å². The number of thioether (sulfide) groups is 1. The fourth-order valence-electron chi connectivity index (χ4n) is 1.79. The van der Waals surface area contributed by atoms with Crippen LogP contribution in [0.25, 0.3) is 0 Å². The maximum absolute atomic E-state index is 11.9. The van der Waals surface area contributed by atoms with Gasteiger partial charge >= 0.3 is 6.03 Å². The van der Waals surface area contributed by atoms with E-state index in [2.05, 4.69) is 18.5 Å². The van der Waals surface area contributed by atoms with Crippen molar-refractivity contribution in [2.75, 3.05) is 32.3 Å². The molecule has 0 bridgehead atoms. The number of urea groups is 1. The van der Waals surface area contributed by atoms with E-state index in [4.69, 9.17) is 4.74 Å². The molecule has 2 amide bonds. The molecular weight excluding hydrogens is 224 g/mol. The van der Waals surface area contributed by atoms with Gasteiger partial charge in [0.25, 0.3) is 0 Å². The Morgan fingerprint density at radius 3 is 2.94 bits per heavy atom. The van der Waals surface area contributed by atoms with E-state index >= 15 is 0 Å². The molecule has 0 saturated carbocycles. The lowest BCUT2D eigenvalue weighted by atomic mass is 10.2. The second-order valence-corrected chi connectivity index (χ2v) is 5.05. The molecule has 1 aliphatic heterocycles. The van der Waals surface area contributed by atoms with Crippen LogP contribution in [0.2, 0.25) is 0 Å². The molecular formula is C11H22N2O2S.